The van der Waals surface area contributed by atoms with Gasteiger partial charge in [0.05, 0.1) is 6.20 Å². The number of amides is 1. The molecule has 0 spiro atoms. The molecule has 0 aliphatic carbocycles. The van der Waals surface area contributed by atoms with Crippen LogP contribution in [0.5, 0.6) is 0 Å². The van der Waals surface area contributed by atoms with Crippen LogP contribution in [-0.4, -0.2) is 51.2 Å². The van der Waals surface area contributed by atoms with Gasteiger partial charge in [-0.15, -0.1) is 0 Å². The van der Waals surface area contributed by atoms with Crippen LogP contribution in [0.4, 0.5) is 0 Å². The molecule has 2 aliphatic rings. The van der Waals surface area contributed by atoms with E-state index in [-0.39, 0.29) is 0 Å². The molecule has 5 nitrogen and oxygen atoms in total. The predicted octanol–water partition coefficient (Wildman–Crippen LogP) is 1.89. The van der Waals surface area contributed by atoms with Crippen molar-refractivity contribution in [1.29, 1.82) is 0 Å². The van der Waals surface area contributed by atoms with Crippen LogP contribution in [0.3, 0.4) is 0 Å². The van der Waals surface area contributed by atoms with E-state index in [2.05, 4.69) is 34.9 Å². The molecule has 1 aromatic rings. The minimum Gasteiger partial charge on any atom is -0.339 e. The number of carbonyl (C=O) groups is 1. The number of likely N-dealkylation sites (tertiary alicyclic amines) is 2. The highest BCUT2D eigenvalue weighted by molar-refractivity contribution is 5.77. The lowest BCUT2D eigenvalue weighted by Gasteiger charge is -2.47. The normalized spacial score (nSPS) is 26.5. The summed E-state index contributed by atoms with van der Waals surface area (Å²) < 4.78 is 1.87. The predicted molar refractivity (Wildman–Crippen MR) is 86.2 cm³/mol. The fourth-order valence-electron chi connectivity index (χ4n) is 4.01. The molecule has 0 radical (unpaired) electrons. The standard InChI is InChI=1S/C17H28N4O/c1-13(2)9-21-16-6-7-20(11-14-8-18-19(3)10-14)12-15(16)4-5-17(21)22/h8,10,13,15-16H,4-7,9,11-12H2,1-3H3/t15-,16+/m0/s1. The molecule has 3 heterocycles. The Morgan fingerprint density at radius 3 is 2.86 bits per heavy atom. The smallest absolute Gasteiger partial charge is 0.222 e. The first-order valence-corrected chi connectivity index (χ1v) is 8.52. The maximum absolute atomic E-state index is 12.3. The number of aryl methyl sites for hydroxylation is 1. The van der Waals surface area contributed by atoms with Crippen LogP contribution >= 0.6 is 0 Å². The fraction of sp³-hybridized carbons (Fsp3) is 0.765. The molecule has 0 saturated carbocycles. The van der Waals surface area contributed by atoms with E-state index >= 15 is 0 Å². The van der Waals surface area contributed by atoms with Gasteiger partial charge in [0.25, 0.3) is 0 Å². The number of fused-ring (bicyclic) bond motifs is 1. The van der Waals surface area contributed by atoms with Crippen LogP contribution in [0, 0.1) is 11.8 Å². The number of carbonyl (C=O) groups excluding carboxylic acids is 1. The van der Waals surface area contributed by atoms with Gasteiger partial charge in [-0.05, 0) is 24.7 Å². The van der Waals surface area contributed by atoms with Crippen LogP contribution in [-0.2, 0) is 18.4 Å². The van der Waals surface area contributed by atoms with E-state index in [4.69, 9.17) is 0 Å². The first-order valence-electron chi connectivity index (χ1n) is 8.52. The molecule has 0 unspecified atom stereocenters. The number of aromatic nitrogens is 2. The number of hydrogen-bond donors (Lipinski definition) is 0. The molecule has 3 rings (SSSR count). The average Bonchev–Trinajstić information content (AvgIpc) is 2.87. The van der Waals surface area contributed by atoms with E-state index in [0.717, 1.165) is 45.4 Å². The molecule has 122 valence electrons. The molecule has 2 saturated heterocycles. The van der Waals surface area contributed by atoms with Crippen LogP contribution < -0.4 is 0 Å². The summed E-state index contributed by atoms with van der Waals surface area (Å²) in [6.07, 6.45) is 6.96. The Morgan fingerprint density at radius 2 is 2.18 bits per heavy atom. The van der Waals surface area contributed by atoms with Crippen molar-refractivity contribution in [3.05, 3.63) is 18.0 Å². The van der Waals surface area contributed by atoms with Crippen molar-refractivity contribution in [3.8, 4) is 0 Å². The van der Waals surface area contributed by atoms with Gasteiger partial charge in [-0.25, -0.2) is 0 Å². The lowest BCUT2D eigenvalue weighted by atomic mass is 9.83. The zero-order valence-electron chi connectivity index (χ0n) is 14.0. The van der Waals surface area contributed by atoms with Gasteiger partial charge in [-0.3, -0.25) is 14.4 Å². The van der Waals surface area contributed by atoms with Crippen molar-refractivity contribution in [3.63, 3.8) is 0 Å². The first kappa shape index (κ1) is 15.5. The molecule has 2 atom stereocenters. The van der Waals surface area contributed by atoms with Crippen molar-refractivity contribution < 1.29 is 4.79 Å². The monoisotopic (exact) mass is 304 g/mol. The molecule has 2 fully saturated rings. The second kappa shape index (κ2) is 6.41. The van der Waals surface area contributed by atoms with E-state index in [9.17, 15) is 4.79 Å². The van der Waals surface area contributed by atoms with E-state index in [1.807, 2.05) is 17.9 Å². The summed E-state index contributed by atoms with van der Waals surface area (Å²) in [6.45, 7) is 8.50. The van der Waals surface area contributed by atoms with Crippen molar-refractivity contribution >= 4 is 5.91 Å². The van der Waals surface area contributed by atoms with Crippen molar-refractivity contribution in [1.82, 2.24) is 19.6 Å². The summed E-state index contributed by atoms with van der Waals surface area (Å²) in [4.78, 5) is 17.0. The fourth-order valence-corrected chi connectivity index (χ4v) is 4.01. The summed E-state index contributed by atoms with van der Waals surface area (Å²) in [5.41, 5.74) is 1.28. The van der Waals surface area contributed by atoms with Gasteiger partial charge >= 0.3 is 0 Å². The first-order chi connectivity index (χ1) is 10.5. The minimum atomic E-state index is 0.371. The summed E-state index contributed by atoms with van der Waals surface area (Å²) in [7, 11) is 1.96. The molecule has 0 bridgehead atoms. The second-order valence-electron chi connectivity index (χ2n) is 7.35. The molecule has 22 heavy (non-hydrogen) atoms. The van der Waals surface area contributed by atoms with Crippen LogP contribution in [0.1, 0.15) is 38.7 Å². The molecule has 1 amide bonds. The van der Waals surface area contributed by atoms with Gasteiger partial charge in [0, 0.05) is 57.4 Å². The molecule has 1 aromatic heterocycles. The maximum atomic E-state index is 12.3. The van der Waals surface area contributed by atoms with Crippen molar-refractivity contribution in [2.45, 2.75) is 45.7 Å². The quantitative estimate of drug-likeness (QED) is 0.853. The number of piperidine rings is 2. The van der Waals surface area contributed by atoms with E-state index < -0.39 is 0 Å². The van der Waals surface area contributed by atoms with Crippen LogP contribution in [0.25, 0.3) is 0 Å². The Balaban J connectivity index is 1.62. The van der Waals surface area contributed by atoms with Gasteiger partial charge in [-0.1, -0.05) is 13.8 Å². The number of rotatable bonds is 4. The highest BCUT2D eigenvalue weighted by atomic mass is 16.2. The Hall–Kier alpha value is -1.36. The highest BCUT2D eigenvalue weighted by Gasteiger charge is 2.39. The van der Waals surface area contributed by atoms with Crippen molar-refractivity contribution in [2.24, 2.45) is 18.9 Å². The van der Waals surface area contributed by atoms with Crippen LogP contribution in [0.2, 0.25) is 0 Å². The Labute approximate surface area is 133 Å². The third-order valence-corrected chi connectivity index (χ3v) is 4.95. The largest absolute Gasteiger partial charge is 0.339 e. The SMILES string of the molecule is CC(C)CN1C(=O)CC[C@H]2CN(Cc3cnn(C)c3)CC[C@H]21. The topological polar surface area (TPSA) is 41.4 Å². The zero-order chi connectivity index (χ0) is 15.7. The summed E-state index contributed by atoms with van der Waals surface area (Å²) >= 11 is 0. The van der Waals surface area contributed by atoms with Gasteiger partial charge in [-0.2, -0.15) is 5.10 Å². The van der Waals surface area contributed by atoms with E-state index in [0.29, 0.717) is 23.8 Å². The van der Waals surface area contributed by atoms with Gasteiger partial charge in [0.15, 0.2) is 0 Å². The second-order valence-corrected chi connectivity index (χ2v) is 7.35. The average molecular weight is 304 g/mol. The van der Waals surface area contributed by atoms with E-state index in [1.165, 1.54) is 5.56 Å². The molecule has 2 aliphatic heterocycles. The minimum absolute atomic E-state index is 0.371. The molecule has 5 heteroatoms. The molecule has 0 aromatic carbocycles. The summed E-state index contributed by atoms with van der Waals surface area (Å²) in [5, 5.41) is 4.26. The third kappa shape index (κ3) is 3.35. The van der Waals surface area contributed by atoms with Gasteiger partial charge < -0.3 is 4.90 Å². The Kier molecular flexibility index (Phi) is 4.52. The lowest BCUT2D eigenvalue weighted by Crippen LogP contribution is -2.56. The third-order valence-electron chi connectivity index (χ3n) is 4.95. The Morgan fingerprint density at radius 1 is 1.36 bits per heavy atom. The number of nitrogens with zero attached hydrogens (tertiary/aromatic N) is 4. The Bertz CT molecular complexity index is 524. The summed E-state index contributed by atoms with van der Waals surface area (Å²) in [6, 6.07) is 0.466. The lowest BCUT2D eigenvalue weighted by molar-refractivity contribution is -0.142. The highest BCUT2D eigenvalue weighted by Crippen LogP contribution is 2.32. The summed E-state index contributed by atoms with van der Waals surface area (Å²) in [5.74, 6) is 1.56. The maximum Gasteiger partial charge on any atom is 0.222 e. The van der Waals surface area contributed by atoms with Gasteiger partial charge in [0.2, 0.25) is 5.91 Å². The molecular formula is C17H28N4O. The van der Waals surface area contributed by atoms with Crippen LogP contribution in [0.15, 0.2) is 12.4 Å². The van der Waals surface area contributed by atoms with E-state index in [1.54, 1.807) is 0 Å². The van der Waals surface area contributed by atoms with Crippen molar-refractivity contribution in [2.75, 3.05) is 19.6 Å². The van der Waals surface area contributed by atoms with Gasteiger partial charge in [0.1, 0.15) is 0 Å². The molecular weight excluding hydrogens is 276 g/mol. The number of hydrogen-bond acceptors (Lipinski definition) is 3. The zero-order valence-corrected chi connectivity index (χ0v) is 14.0. The molecule has 0 N–H and O–H groups in total.